The zero-order valence-corrected chi connectivity index (χ0v) is 9.56. The van der Waals surface area contributed by atoms with E-state index >= 15 is 0 Å². The number of H-pyrrole nitrogens is 1. The normalized spacial score (nSPS) is 10.5. The number of nitrogens with two attached hydrogens (primary N) is 1. The van der Waals surface area contributed by atoms with E-state index in [0.717, 1.165) is 22.0 Å². The third-order valence-corrected chi connectivity index (χ3v) is 3.00. The third kappa shape index (κ3) is 1.85. The summed E-state index contributed by atoms with van der Waals surface area (Å²) in [5.74, 6) is 0. The van der Waals surface area contributed by atoms with Gasteiger partial charge in [-0.25, -0.2) is 0 Å². The van der Waals surface area contributed by atoms with Crippen molar-refractivity contribution in [2.75, 3.05) is 12.0 Å². The topological polar surface area (TPSA) is 54.7 Å². The molecule has 0 saturated carbocycles. The Hall–Kier alpha value is -1.42. The fraction of sp³-hybridized carbons (Fsp3) is 0.182. The second-order valence-electron chi connectivity index (χ2n) is 3.39. The van der Waals surface area contributed by atoms with Crippen LogP contribution in [0.2, 0.25) is 0 Å². The van der Waals surface area contributed by atoms with Crippen molar-refractivity contribution in [3.05, 3.63) is 29.8 Å². The van der Waals surface area contributed by atoms with Gasteiger partial charge in [0.25, 0.3) is 0 Å². The molecule has 1 heterocycles. The summed E-state index contributed by atoms with van der Waals surface area (Å²) in [5, 5.41) is 7.96. The molecule has 3 N–H and O–H groups in total. The van der Waals surface area contributed by atoms with E-state index in [2.05, 4.69) is 29.3 Å². The van der Waals surface area contributed by atoms with Gasteiger partial charge in [0.1, 0.15) is 5.03 Å². The fourth-order valence-corrected chi connectivity index (χ4v) is 1.89. The fourth-order valence-electron chi connectivity index (χ4n) is 1.43. The van der Waals surface area contributed by atoms with E-state index in [4.69, 9.17) is 5.73 Å². The van der Waals surface area contributed by atoms with E-state index in [0.29, 0.717) is 0 Å². The van der Waals surface area contributed by atoms with Gasteiger partial charge in [-0.1, -0.05) is 29.8 Å². The van der Waals surface area contributed by atoms with Crippen LogP contribution < -0.4 is 5.73 Å². The minimum absolute atomic E-state index is 0.728. The Morgan fingerprint density at radius 2 is 1.93 bits per heavy atom. The Balaban J connectivity index is 2.45. The molecular weight excluding hydrogens is 206 g/mol. The molecule has 4 heteroatoms. The van der Waals surface area contributed by atoms with Crippen molar-refractivity contribution in [1.82, 2.24) is 10.2 Å². The molecule has 0 radical (unpaired) electrons. The van der Waals surface area contributed by atoms with Crippen molar-refractivity contribution in [2.24, 2.45) is 0 Å². The molecule has 0 atom stereocenters. The number of nitrogen functional groups attached to an aromatic ring is 1. The highest BCUT2D eigenvalue weighted by Crippen LogP contribution is 2.30. The molecular formula is C11H13N3S. The van der Waals surface area contributed by atoms with Gasteiger partial charge in [0.2, 0.25) is 0 Å². The number of nitrogens with zero attached hydrogens (tertiary/aromatic N) is 1. The van der Waals surface area contributed by atoms with Crippen LogP contribution in [-0.2, 0) is 0 Å². The molecule has 0 aliphatic rings. The predicted molar refractivity (Wildman–Crippen MR) is 65.0 cm³/mol. The van der Waals surface area contributed by atoms with Crippen LogP contribution in [0.15, 0.2) is 29.3 Å². The van der Waals surface area contributed by atoms with E-state index in [1.807, 2.05) is 18.4 Å². The van der Waals surface area contributed by atoms with Gasteiger partial charge in [-0.3, -0.25) is 5.10 Å². The van der Waals surface area contributed by atoms with Crippen LogP contribution in [0.5, 0.6) is 0 Å². The summed E-state index contributed by atoms with van der Waals surface area (Å²) in [6.07, 6.45) is 1.96. The lowest BCUT2D eigenvalue weighted by Crippen LogP contribution is -1.88. The van der Waals surface area contributed by atoms with Crippen LogP contribution in [0.3, 0.4) is 0 Å². The van der Waals surface area contributed by atoms with E-state index < -0.39 is 0 Å². The second kappa shape index (κ2) is 3.98. The van der Waals surface area contributed by atoms with Gasteiger partial charge in [-0.15, -0.1) is 11.8 Å². The zero-order chi connectivity index (χ0) is 10.8. The lowest BCUT2D eigenvalue weighted by Gasteiger charge is -2.00. The summed E-state index contributed by atoms with van der Waals surface area (Å²) in [6, 6.07) is 8.22. The summed E-state index contributed by atoms with van der Waals surface area (Å²) in [4.78, 5) is 0. The molecule has 0 aliphatic carbocycles. The number of anilines is 1. The number of aromatic nitrogens is 2. The number of hydrogen-bond donors (Lipinski definition) is 2. The Bertz CT molecular complexity index is 459. The zero-order valence-electron chi connectivity index (χ0n) is 8.74. The predicted octanol–water partition coefficient (Wildman–Crippen LogP) is 2.69. The van der Waals surface area contributed by atoms with Crippen molar-refractivity contribution in [1.29, 1.82) is 0 Å². The van der Waals surface area contributed by atoms with E-state index in [1.165, 1.54) is 5.56 Å². The molecule has 0 unspecified atom stereocenters. The second-order valence-corrected chi connectivity index (χ2v) is 4.18. The summed E-state index contributed by atoms with van der Waals surface area (Å²) >= 11 is 1.55. The van der Waals surface area contributed by atoms with E-state index in [1.54, 1.807) is 11.8 Å². The average Bonchev–Trinajstić information content (AvgIpc) is 2.61. The average molecular weight is 219 g/mol. The van der Waals surface area contributed by atoms with E-state index in [9.17, 15) is 0 Å². The van der Waals surface area contributed by atoms with Gasteiger partial charge in [0.15, 0.2) is 0 Å². The molecule has 0 aliphatic heterocycles. The monoisotopic (exact) mass is 219 g/mol. The van der Waals surface area contributed by atoms with E-state index in [-0.39, 0.29) is 0 Å². The van der Waals surface area contributed by atoms with Gasteiger partial charge in [0.05, 0.1) is 11.4 Å². The van der Waals surface area contributed by atoms with Gasteiger partial charge < -0.3 is 5.73 Å². The van der Waals surface area contributed by atoms with Crippen LogP contribution in [0.1, 0.15) is 5.56 Å². The Labute approximate surface area is 93.1 Å². The number of aryl methyl sites for hydroxylation is 1. The number of aromatic amines is 1. The number of rotatable bonds is 2. The molecule has 2 rings (SSSR count). The summed E-state index contributed by atoms with van der Waals surface area (Å²) < 4.78 is 0. The molecule has 78 valence electrons. The van der Waals surface area contributed by atoms with Crippen LogP contribution in [0, 0.1) is 6.92 Å². The maximum absolute atomic E-state index is 5.97. The van der Waals surface area contributed by atoms with Crippen molar-refractivity contribution in [3.8, 4) is 11.3 Å². The van der Waals surface area contributed by atoms with Gasteiger partial charge >= 0.3 is 0 Å². The highest BCUT2D eigenvalue weighted by molar-refractivity contribution is 7.98. The largest absolute Gasteiger partial charge is 0.395 e. The molecule has 0 spiro atoms. The minimum atomic E-state index is 0.728. The molecule has 1 aromatic heterocycles. The lowest BCUT2D eigenvalue weighted by molar-refractivity contribution is 1.01. The number of thioether (sulfide) groups is 1. The van der Waals surface area contributed by atoms with Crippen LogP contribution >= 0.6 is 11.8 Å². The van der Waals surface area contributed by atoms with Crippen molar-refractivity contribution in [3.63, 3.8) is 0 Å². The molecule has 15 heavy (non-hydrogen) atoms. The highest BCUT2D eigenvalue weighted by atomic mass is 32.2. The molecule has 3 nitrogen and oxygen atoms in total. The van der Waals surface area contributed by atoms with Crippen LogP contribution in [0.4, 0.5) is 5.69 Å². The smallest absolute Gasteiger partial charge is 0.141 e. The first kappa shape index (κ1) is 10.1. The maximum atomic E-state index is 5.97. The standard InChI is InChI=1S/C11H13N3S/c1-7-3-5-8(6-4-7)10-9(12)11(15-2)14-13-10/h3-6H,12H2,1-2H3,(H,13,14). The van der Waals surface area contributed by atoms with Crippen LogP contribution in [0.25, 0.3) is 11.3 Å². The number of hydrogen-bond acceptors (Lipinski definition) is 3. The van der Waals surface area contributed by atoms with Crippen molar-refractivity contribution < 1.29 is 0 Å². The summed E-state index contributed by atoms with van der Waals surface area (Å²) in [6.45, 7) is 2.06. The molecule has 0 amide bonds. The molecule has 2 aromatic rings. The number of nitrogens with one attached hydrogen (secondary N) is 1. The molecule has 0 bridgehead atoms. The summed E-state index contributed by atoms with van der Waals surface area (Å²) in [5.41, 5.74) is 9.91. The Morgan fingerprint density at radius 3 is 2.47 bits per heavy atom. The SMILES string of the molecule is CSc1n[nH]c(-c2ccc(C)cc2)c1N. The number of benzene rings is 1. The van der Waals surface area contributed by atoms with Gasteiger partial charge in [-0.05, 0) is 13.2 Å². The maximum Gasteiger partial charge on any atom is 0.141 e. The first-order valence-corrected chi connectivity index (χ1v) is 5.89. The van der Waals surface area contributed by atoms with Gasteiger partial charge in [0, 0.05) is 5.56 Å². The summed E-state index contributed by atoms with van der Waals surface area (Å²) in [7, 11) is 0. The minimum Gasteiger partial charge on any atom is -0.395 e. The van der Waals surface area contributed by atoms with Crippen LogP contribution in [-0.4, -0.2) is 16.5 Å². The Kier molecular flexibility index (Phi) is 2.68. The lowest BCUT2D eigenvalue weighted by atomic mass is 10.1. The van der Waals surface area contributed by atoms with Crippen molar-refractivity contribution in [2.45, 2.75) is 11.9 Å². The Morgan fingerprint density at radius 1 is 1.27 bits per heavy atom. The quantitative estimate of drug-likeness (QED) is 0.763. The van der Waals surface area contributed by atoms with Gasteiger partial charge in [-0.2, -0.15) is 5.10 Å². The molecule has 0 fully saturated rings. The highest BCUT2D eigenvalue weighted by Gasteiger charge is 2.10. The third-order valence-electron chi connectivity index (χ3n) is 2.30. The molecule has 0 saturated heterocycles. The first-order valence-electron chi connectivity index (χ1n) is 4.67. The first-order chi connectivity index (χ1) is 7.22. The van der Waals surface area contributed by atoms with Crippen molar-refractivity contribution >= 4 is 17.4 Å². The molecule has 1 aromatic carbocycles.